The van der Waals surface area contributed by atoms with Gasteiger partial charge in [-0.15, -0.1) is 0 Å². The molecule has 0 aliphatic rings. The Morgan fingerprint density at radius 1 is 1.50 bits per heavy atom. The molecule has 0 saturated carbocycles. The second-order valence-electron chi connectivity index (χ2n) is 3.89. The third-order valence-electron chi connectivity index (χ3n) is 2.59. The molecule has 0 fully saturated rings. The molecule has 0 spiro atoms. The highest BCUT2D eigenvalue weighted by molar-refractivity contribution is 9.10. The molecule has 1 unspecified atom stereocenters. The SMILES string of the molecule is CCC(CNC(=O)c1cc(N)ccc1Br)C(=O)O. The van der Waals surface area contributed by atoms with Crippen LogP contribution in [0.15, 0.2) is 22.7 Å². The molecule has 0 aliphatic carbocycles. The molecular weight excluding hydrogens is 300 g/mol. The summed E-state index contributed by atoms with van der Waals surface area (Å²) in [6.07, 6.45) is 0.466. The van der Waals surface area contributed by atoms with E-state index >= 15 is 0 Å². The zero-order valence-electron chi connectivity index (χ0n) is 9.94. The first-order valence-corrected chi connectivity index (χ1v) is 6.31. The van der Waals surface area contributed by atoms with Gasteiger partial charge in [-0.2, -0.15) is 0 Å². The van der Waals surface area contributed by atoms with E-state index in [4.69, 9.17) is 10.8 Å². The van der Waals surface area contributed by atoms with Gasteiger partial charge in [-0.25, -0.2) is 0 Å². The molecule has 0 aromatic heterocycles. The Morgan fingerprint density at radius 3 is 2.72 bits per heavy atom. The molecule has 0 heterocycles. The van der Waals surface area contributed by atoms with Crippen molar-refractivity contribution in [3.05, 3.63) is 28.2 Å². The average Bonchev–Trinajstić information content (AvgIpc) is 2.32. The van der Waals surface area contributed by atoms with E-state index < -0.39 is 11.9 Å². The minimum absolute atomic E-state index is 0.103. The number of anilines is 1. The lowest BCUT2D eigenvalue weighted by molar-refractivity contribution is -0.141. The highest BCUT2D eigenvalue weighted by atomic mass is 79.9. The van der Waals surface area contributed by atoms with E-state index in [1.807, 2.05) is 0 Å². The molecule has 0 aliphatic heterocycles. The van der Waals surface area contributed by atoms with E-state index in [2.05, 4.69) is 21.2 Å². The number of amides is 1. The highest BCUT2D eigenvalue weighted by Crippen LogP contribution is 2.19. The summed E-state index contributed by atoms with van der Waals surface area (Å²) in [5.74, 6) is -1.83. The van der Waals surface area contributed by atoms with E-state index in [-0.39, 0.29) is 12.5 Å². The van der Waals surface area contributed by atoms with Gasteiger partial charge in [-0.05, 0) is 40.5 Å². The van der Waals surface area contributed by atoms with Crippen molar-refractivity contribution in [2.45, 2.75) is 13.3 Å². The Balaban J connectivity index is 2.71. The third-order valence-corrected chi connectivity index (χ3v) is 3.28. The largest absolute Gasteiger partial charge is 0.481 e. The number of nitrogens with one attached hydrogen (secondary N) is 1. The molecular formula is C12H15BrN2O3. The van der Waals surface area contributed by atoms with Gasteiger partial charge in [0.15, 0.2) is 0 Å². The topological polar surface area (TPSA) is 92.4 Å². The second-order valence-corrected chi connectivity index (χ2v) is 4.75. The molecule has 1 rings (SSSR count). The van der Waals surface area contributed by atoms with E-state index in [1.54, 1.807) is 25.1 Å². The van der Waals surface area contributed by atoms with Crippen molar-refractivity contribution >= 4 is 33.5 Å². The number of hydrogen-bond acceptors (Lipinski definition) is 3. The Bertz CT molecular complexity index is 463. The molecule has 1 aromatic carbocycles. The predicted octanol–water partition coefficient (Wildman–Crippen LogP) is 1.87. The van der Waals surface area contributed by atoms with Gasteiger partial charge >= 0.3 is 5.97 Å². The molecule has 98 valence electrons. The Labute approximate surface area is 113 Å². The van der Waals surface area contributed by atoms with E-state index in [0.717, 1.165) is 0 Å². The second kappa shape index (κ2) is 6.39. The van der Waals surface area contributed by atoms with Gasteiger partial charge in [0.2, 0.25) is 0 Å². The molecule has 0 radical (unpaired) electrons. The maximum absolute atomic E-state index is 11.9. The van der Waals surface area contributed by atoms with Gasteiger partial charge in [-0.1, -0.05) is 6.92 Å². The Hall–Kier alpha value is -1.56. The number of carbonyl (C=O) groups excluding carboxylic acids is 1. The van der Waals surface area contributed by atoms with Crippen LogP contribution in [0, 0.1) is 5.92 Å². The highest BCUT2D eigenvalue weighted by Gasteiger charge is 2.17. The minimum atomic E-state index is -0.913. The normalized spacial score (nSPS) is 11.9. The molecule has 4 N–H and O–H groups in total. The van der Waals surface area contributed by atoms with Crippen LogP contribution in [0.3, 0.4) is 0 Å². The van der Waals surface area contributed by atoms with Crippen molar-refractivity contribution in [1.29, 1.82) is 0 Å². The first-order valence-electron chi connectivity index (χ1n) is 5.51. The van der Waals surface area contributed by atoms with Crippen molar-refractivity contribution in [3.8, 4) is 0 Å². The lowest BCUT2D eigenvalue weighted by Gasteiger charge is -2.12. The number of carboxylic acids is 1. The van der Waals surface area contributed by atoms with E-state index in [1.165, 1.54) is 0 Å². The van der Waals surface area contributed by atoms with Gasteiger partial charge in [0.25, 0.3) is 5.91 Å². The van der Waals surface area contributed by atoms with Crippen molar-refractivity contribution in [2.75, 3.05) is 12.3 Å². The third kappa shape index (κ3) is 3.73. The minimum Gasteiger partial charge on any atom is -0.481 e. The summed E-state index contributed by atoms with van der Waals surface area (Å²) in [4.78, 5) is 22.7. The van der Waals surface area contributed by atoms with Crippen molar-refractivity contribution in [3.63, 3.8) is 0 Å². The standard InChI is InChI=1S/C12H15BrN2O3/c1-2-7(12(17)18)6-15-11(16)9-5-8(14)3-4-10(9)13/h3-5,7H,2,6,14H2,1H3,(H,15,16)(H,17,18). The first-order chi connectivity index (χ1) is 8.45. The van der Waals surface area contributed by atoms with Crippen LogP contribution in [0.1, 0.15) is 23.7 Å². The van der Waals surface area contributed by atoms with Gasteiger partial charge in [0.1, 0.15) is 0 Å². The molecule has 5 nitrogen and oxygen atoms in total. The fourth-order valence-electron chi connectivity index (χ4n) is 1.43. The van der Waals surface area contributed by atoms with Crippen LogP contribution in [-0.4, -0.2) is 23.5 Å². The summed E-state index contributed by atoms with van der Waals surface area (Å²) in [5, 5.41) is 11.5. The quantitative estimate of drug-likeness (QED) is 0.723. The maximum Gasteiger partial charge on any atom is 0.308 e. The number of nitrogen functional groups attached to an aromatic ring is 1. The average molecular weight is 315 g/mol. The smallest absolute Gasteiger partial charge is 0.308 e. The number of aliphatic carboxylic acids is 1. The van der Waals surface area contributed by atoms with Crippen LogP contribution in [0.4, 0.5) is 5.69 Å². The molecule has 18 heavy (non-hydrogen) atoms. The predicted molar refractivity (Wildman–Crippen MR) is 72.3 cm³/mol. The van der Waals surface area contributed by atoms with Crippen molar-refractivity contribution < 1.29 is 14.7 Å². The molecule has 0 bridgehead atoms. The van der Waals surface area contributed by atoms with Crippen LogP contribution >= 0.6 is 15.9 Å². The van der Waals surface area contributed by atoms with Crippen LogP contribution in [0.2, 0.25) is 0 Å². The van der Waals surface area contributed by atoms with Gasteiger partial charge < -0.3 is 16.2 Å². The number of benzene rings is 1. The zero-order chi connectivity index (χ0) is 13.7. The number of nitrogens with two attached hydrogens (primary N) is 1. The lowest BCUT2D eigenvalue weighted by Crippen LogP contribution is -2.32. The molecule has 0 saturated heterocycles. The van der Waals surface area contributed by atoms with Gasteiger partial charge in [0.05, 0.1) is 11.5 Å². The summed E-state index contributed by atoms with van der Waals surface area (Å²) in [6, 6.07) is 4.90. The van der Waals surface area contributed by atoms with E-state index in [9.17, 15) is 9.59 Å². The fraction of sp³-hybridized carbons (Fsp3) is 0.333. The summed E-state index contributed by atoms with van der Waals surface area (Å²) in [6.45, 7) is 1.87. The molecule has 6 heteroatoms. The van der Waals surface area contributed by atoms with E-state index in [0.29, 0.717) is 22.1 Å². The Morgan fingerprint density at radius 2 is 2.17 bits per heavy atom. The number of carboxylic acid groups (broad SMARTS) is 1. The molecule has 1 atom stereocenters. The first kappa shape index (κ1) is 14.5. The number of halogens is 1. The summed E-state index contributed by atoms with van der Waals surface area (Å²) in [5.41, 5.74) is 6.48. The summed E-state index contributed by atoms with van der Waals surface area (Å²) >= 11 is 3.25. The van der Waals surface area contributed by atoms with Crippen LogP contribution in [-0.2, 0) is 4.79 Å². The number of hydrogen-bond donors (Lipinski definition) is 3. The summed E-state index contributed by atoms with van der Waals surface area (Å²) in [7, 11) is 0. The lowest BCUT2D eigenvalue weighted by atomic mass is 10.1. The van der Waals surface area contributed by atoms with Crippen LogP contribution < -0.4 is 11.1 Å². The molecule has 1 aromatic rings. The van der Waals surface area contributed by atoms with Gasteiger partial charge in [-0.3, -0.25) is 9.59 Å². The number of carbonyl (C=O) groups is 2. The number of rotatable bonds is 5. The van der Waals surface area contributed by atoms with Gasteiger partial charge in [0, 0.05) is 16.7 Å². The summed E-state index contributed by atoms with van der Waals surface area (Å²) < 4.78 is 0.623. The molecule has 1 amide bonds. The zero-order valence-corrected chi connectivity index (χ0v) is 11.5. The van der Waals surface area contributed by atoms with Crippen LogP contribution in [0.5, 0.6) is 0 Å². The van der Waals surface area contributed by atoms with Crippen molar-refractivity contribution in [1.82, 2.24) is 5.32 Å². The van der Waals surface area contributed by atoms with Crippen molar-refractivity contribution in [2.24, 2.45) is 5.92 Å². The monoisotopic (exact) mass is 314 g/mol. The maximum atomic E-state index is 11.9. The Kier molecular flexibility index (Phi) is 5.15. The van der Waals surface area contributed by atoms with Crippen LogP contribution in [0.25, 0.3) is 0 Å². The fourth-order valence-corrected chi connectivity index (χ4v) is 1.86.